The molecule has 3 nitrogen and oxygen atoms in total. The standard InChI is InChI=1S/C37H32BO3/c1-35(2,39)36(3,4)41-38-31-19-12-20-33-34(31)28-23-25(21-22-32(28)40-33)37(24-13-6-5-7-14-24)29-17-10-8-15-26(29)27-16-9-11-18-30(27)37/h5-23,39H,1-4H3. The molecule has 1 radical (unpaired) electrons. The molecule has 4 heteroatoms. The predicted octanol–water partition coefficient (Wildman–Crippen LogP) is 7.76. The van der Waals surface area contributed by atoms with Gasteiger partial charge in [0.25, 0.3) is 0 Å². The molecule has 1 aromatic heterocycles. The fraction of sp³-hybridized carbons (Fsp3) is 0.189. The highest BCUT2D eigenvalue weighted by Gasteiger charge is 2.46. The largest absolute Gasteiger partial charge is 0.456 e. The summed E-state index contributed by atoms with van der Waals surface area (Å²) < 4.78 is 12.6. The lowest BCUT2D eigenvalue weighted by molar-refractivity contribution is -0.0893. The van der Waals surface area contributed by atoms with E-state index in [0.717, 1.165) is 27.4 Å². The van der Waals surface area contributed by atoms with Crippen molar-refractivity contribution in [2.24, 2.45) is 0 Å². The van der Waals surface area contributed by atoms with E-state index in [2.05, 4.69) is 97.1 Å². The van der Waals surface area contributed by atoms with Crippen LogP contribution in [0.1, 0.15) is 49.9 Å². The Morgan fingerprint density at radius 3 is 1.95 bits per heavy atom. The molecular formula is C37H32BO3. The first-order valence-corrected chi connectivity index (χ1v) is 14.2. The van der Waals surface area contributed by atoms with Gasteiger partial charge in [-0.05, 0) is 84.7 Å². The summed E-state index contributed by atoms with van der Waals surface area (Å²) in [6, 6.07) is 41.0. The smallest absolute Gasteiger partial charge is 0.331 e. The fourth-order valence-corrected chi connectivity index (χ4v) is 6.25. The van der Waals surface area contributed by atoms with Gasteiger partial charge in [-0.25, -0.2) is 0 Å². The number of hydrogen-bond donors (Lipinski definition) is 1. The molecule has 7 rings (SSSR count). The molecule has 0 saturated carbocycles. The first kappa shape index (κ1) is 25.8. The highest BCUT2D eigenvalue weighted by molar-refractivity contribution is 6.52. The molecule has 0 atom stereocenters. The maximum Gasteiger partial charge on any atom is 0.331 e. The van der Waals surface area contributed by atoms with E-state index >= 15 is 0 Å². The van der Waals surface area contributed by atoms with Gasteiger partial charge in [-0.1, -0.05) is 97.1 Å². The monoisotopic (exact) mass is 535 g/mol. The summed E-state index contributed by atoms with van der Waals surface area (Å²) in [5.41, 5.74) is 7.76. The Balaban J connectivity index is 1.49. The van der Waals surface area contributed by atoms with Crippen molar-refractivity contribution in [2.75, 3.05) is 0 Å². The lowest BCUT2D eigenvalue weighted by atomic mass is 9.67. The van der Waals surface area contributed by atoms with Gasteiger partial charge in [-0.15, -0.1) is 0 Å². The summed E-state index contributed by atoms with van der Waals surface area (Å²) in [7, 11) is 1.76. The Morgan fingerprint density at radius 2 is 1.29 bits per heavy atom. The SMILES string of the molecule is CC(C)(O)C(C)(C)O[B]c1cccc2oc3ccc(C4(c5ccccc5)c5ccccc5-c5ccccc54)cc3c12. The van der Waals surface area contributed by atoms with Gasteiger partial charge in [-0.2, -0.15) is 0 Å². The highest BCUT2D eigenvalue weighted by Crippen LogP contribution is 2.56. The zero-order chi connectivity index (χ0) is 28.4. The second-order valence-corrected chi connectivity index (χ2v) is 12.0. The predicted molar refractivity (Wildman–Crippen MR) is 168 cm³/mol. The van der Waals surface area contributed by atoms with Crippen molar-refractivity contribution in [1.29, 1.82) is 0 Å². The molecule has 1 aliphatic rings. The van der Waals surface area contributed by atoms with Crippen molar-refractivity contribution in [3.05, 3.63) is 138 Å². The van der Waals surface area contributed by atoms with Crippen LogP contribution < -0.4 is 5.46 Å². The van der Waals surface area contributed by atoms with Crippen LogP contribution in [0.15, 0.2) is 120 Å². The Hall–Kier alpha value is -4.12. The molecule has 0 unspecified atom stereocenters. The molecule has 0 fully saturated rings. The second-order valence-electron chi connectivity index (χ2n) is 12.0. The zero-order valence-electron chi connectivity index (χ0n) is 23.8. The number of aliphatic hydroxyl groups is 1. The van der Waals surface area contributed by atoms with Crippen LogP contribution in [0.3, 0.4) is 0 Å². The van der Waals surface area contributed by atoms with Gasteiger partial charge in [0.2, 0.25) is 0 Å². The van der Waals surface area contributed by atoms with Gasteiger partial charge in [0.05, 0.1) is 16.6 Å². The lowest BCUT2D eigenvalue weighted by Gasteiger charge is -2.37. The molecule has 6 aromatic rings. The van der Waals surface area contributed by atoms with Crippen LogP contribution >= 0.6 is 0 Å². The maximum atomic E-state index is 10.7. The van der Waals surface area contributed by atoms with Crippen LogP contribution in [0.2, 0.25) is 0 Å². The molecule has 0 aliphatic heterocycles. The average Bonchev–Trinajstić information content (AvgIpc) is 3.50. The van der Waals surface area contributed by atoms with E-state index in [4.69, 9.17) is 9.07 Å². The Bertz CT molecular complexity index is 1860. The number of benzene rings is 5. The summed E-state index contributed by atoms with van der Waals surface area (Å²) >= 11 is 0. The van der Waals surface area contributed by atoms with Crippen LogP contribution in [-0.2, 0) is 10.1 Å². The number of hydrogen-bond acceptors (Lipinski definition) is 3. The van der Waals surface area contributed by atoms with E-state index in [0.29, 0.717) is 0 Å². The summed E-state index contributed by atoms with van der Waals surface area (Å²) in [5, 5.41) is 12.7. The minimum absolute atomic E-state index is 0.482. The molecule has 0 saturated heterocycles. The van der Waals surface area contributed by atoms with Crippen molar-refractivity contribution < 1.29 is 14.2 Å². The van der Waals surface area contributed by atoms with E-state index in [1.54, 1.807) is 21.3 Å². The maximum absolute atomic E-state index is 10.7. The number of fused-ring (bicyclic) bond motifs is 6. The third kappa shape index (κ3) is 3.82. The number of rotatable bonds is 6. The van der Waals surface area contributed by atoms with Crippen molar-refractivity contribution in [3.8, 4) is 11.1 Å². The van der Waals surface area contributed by atoms with E-state index < -0.39 is 16.6 Å². The second kappa shape index (κ2) is 9.20. The molecule has 1 N–H and O–H groups in total. The average molecular weight is 535 g/mol. The van der Waals surface area contributed by atoms with Crippen molar-refractivity contribution in [2.45, 2.75) is 44.3 Å². The van der Waals surface area contributed by atoms with Crippen molar-refractivity contribution in [3.63, 3.8) is 0 Å². The van der Waals surface area contributed by atoms with Crippen LogP contribution in [0, 0.1) is 0 Å². The molecule has 5 aromatic carbocycles. The third-order valence-electron chi connectivity index (χ3n) is 9.07. The minimum atomic E-state index is -1.02. The molecular weight excluding hydrogens is 503 g/mol. The van der Waals surface area contributed by atoms with Gasteiger partial charge in [0.1, 0.15) is 11.2 Å². The van der Waals surface area contributed by atoms with Gasteiger partial charge >= 0.3 is 7.48 Å². The van der Waals surface area contributed by atoms with Crippen molar-refractivity contribution in [1.82, 2.24) is 0 Å². The quantitative estimate of drug-likeness (QED) is 0.221. The van der Waals surface area contributed by atoms with Gasteiger partial charge in [0, 0.05) is 10.8 Å². The van der Waals surface area contributed by atoms with Crippen LogP contribution in [0.25, 0.3) is 33.1 Å². The number of furan rings is 1. The van der Waals surface area contributed by atoms with Gasteiger partial charge in [-0.3, -0.25) is 0 Å². The molecule has 0 amide bonds. The van der Waals surface area contributed by atoms with Gasteiger partial charge < -0.3 is 14.2 Å². The normalized spacial score (nSPS) is 14.3. The van der Waals surface area contributed by atoms with Gasteiger partial charge in [0.15, 0.2) is 0 Å². The Morgan fingerprint density at radius 1 is 0.659 bits per heavy atom. The molecule has 201 valence electrons. The van der Waals surface area contributed by atoms with E-state index in [9.17, 15) is 5.11 Å². The van der Waals surface area contributed by atoms with Crippen LogP contribution in [0.4, 0.5) is 0 Å². The minimum Gasteiger partial charge on any atom is -0.456 e. The van der Waals surface area contributed by atoms with E-state index in [-0.39, 0.29) is 0 Å². The van der Waals surface area contributed by atoms with Crippen LogP contribution in [0.5, 0.6) is 0 Å². The van der Waals surface area contributed by atoms with Crippen LogP contribution in [-0.4, -0.2) is 23.8 Å². The first-order chi connectivity index (χ1) is 19.7. The summed E-state index contributed by atoms with van der Waals surface area (Å²) in [6.07, 6.45) is 0. The fourth-order valence-electron chi connectivity index (χ4n) is 6.25. The topological polar surface area (TPSA) is 42.6 Å². The Kier molecular flexibility index (Phi) is 5.80. The Labute approximate surface area is 241 Å². The lowest BCUT2D eigenvalue weighted by Crippen LogP contribution is -2.49. The summed E-state index contributed by atoms with van der Waals surface area (Å²) in [5.74, 6) is 0. The molecule has 0 spiro atoms. The summed E-state index contributed by atoms with van der Waals surface area (Å²) in [4.78, 5) is 0. The molecule has 0 bridgehead atoms. The zero-order valence-corrected chi connectivity index (χ0v) is 23.8. The highest BCUT2D eigenvalue weighted by atomic mass is 16.5. The molecule has 41 heavy (non-hydrogen) atoms. The van der Waals surface area contributed by atoms with E-state index in [1.807, 2.05) is 32.0 Å². The molecule has 1 heterocycles. The molecule has 1 aliphatic carbocycles. The van der Waals surface area contributed by atoms with E-state index in [1.165, 1.54) is 33.4 Å². The van der Waals surface area contributed by atoms with Crippen molar-refractivity contribution >= 4 is 34.9 Å². The summed E-state index contributed by atoms with van der Waals surface area (Å²) in [6.45, 7) is 7.32. The third-order valence-corrected chi connectivity index (χ3v) is 9.07. The first-order valence-electron chi connectivity index (χ1n) is 14.2.